The maximum Gasteiger partial charge on any atom is 0.322 e. The van der Waals surface area contributed by atoms with Crippen LogP contribution in [-0.4, -0.2) is 45.4 Å². The van der Waals surface area contributed by atoms with Crippen molar-refractivity contribution in [3.8, 4) is 0 Å². The number of aromatic nitrogens is 2. The van der Waals surface area contributed by atoms with Gasteiger partial charge in [-0.1, -0.05) is 12.5 Å². The van der Waals surface area contributed by atoms with E-state index in [1.54, 1.807) is 17.5 Å². The molecule has 0 bridgehead atoms. The zero-order valence-corrected chi connectivity index (χ0v) is 14.1. The lowest BCUT2D eigenvalue weighted by atomic mass is 10.2. The summed E-state index contributed by atoms with van der Waals surface area (Å²) < 4.78 is 1.76. The van der Waals surface area contributed by atoms with Gasteiger partial charge >= 0.3 is 5.97 Å². The Balaban J connectivity index is 1.70. The van der Waals surface area contributed by atoms with Gasteiger partial charge in [-0.05, 0) is 31.9 Å². The predicted octanol–water partition coefficient (Wildman–Crippen LogP) is 1.13. The molecule has 8 heteroatoms. The van der Waals surface area contributed by atoms with Crippen LogP contribution in [0.1, 0.15) is 41.9 Å². The van der Waals surface area contributed by atoms with E-state index in [4.69, 9.17) is 5.11 Å². The summed E-state index contributed by atoms with van der Waals surface area (Å²) in [7, 11) is 0. The van der Waals surface area contributed by atoms with Crippen LogP contribution in [0, 0.1) is 6.92 Å². The summed E-state index contributed by atoms with van der Waals surface area (Å²) in [6.07, 6.45) is 4.25. The van der Waals surface area contributed by atoms with E-state index in [1.807, 2.05) is 18.2 Å². The van der Waals surface area contributed by atoms with Crippen molar-refractivity contribution in [2.45, 2.75) is 32.6 Å². The van der Waals surface area contributed by atoms with Crippen molar-refractivity contribution in [1.29, 1.82) is 0 Å². The summed E-state index contributed by atoms with van der Waals surface area (Å²) in [5.74, 6) is -1.50. The molecule has 0 saturated carbocycles. The van der Waals surface area contributed by atoms with E-state index in [1.165, 1.54) is 0 Å². The fraction of sp³-hybridized carbons (Fsp3) is 0.412. The molecule has 0 spiro atoms. The van der Waals surface area contributed by atoms with E-state index >= 15 is 0 Å². The number of carbonyl (C=O) groups excluding carboxylic acids is 2. The molecule has 0 fully saturated rings. The molecule has 0 aliphatic rings. The van der Waals surface area contributed by atoms with Gasteiger partial charge in [0.15, 0.2) is 0 Å². The number of carboxylic acid groups (broad SMARTS) is 1. The van der Waals surface area contributed by atoms with E-state index in [-0.39, 0.29) is 24.8 Å². The summed E-state index contributed by atoms with van der Waals surface area (Å²) >= 11 is 0. The third-order valence-electron chi connectivity index (χ3n) is 3.72. The number of aryl methyl sites for hydroxylation is 1. The summed E-state index contributed by atoms with van der Waals surface area (Å²) in [5, 5.41) is 13.6. The highest BCUT2D eigenvalue weighted by Crippen LogP contribution is 2.11. The first-order valence-electron chi connectivity index (χ1n) is 8.19. The molecule has 0 unspecified atom stereocenters. The number of pyridine rings is 1. The Kier molecular flexibility index (Phi) is 6.50. The van der Waals surface area contributed by atoms with Crippen molar-refractivity contribution in [3.63, 3.8) is 0 Å². The number of rotatable bonds is 9. The minimum atomic E-state index is -1.06. The van der Waals surface area contributed by atoms with Gasteiger partial charge in [-0.2, -0.15) is 0 Å². The van der Waals surface area contributed by atoms with Crippen molar-refractivity contribution in [2.24, 2.45) is 0 Å². The quantitative estimate of drug-likeness (QED) is 0.589. The Bertz CT molecular complexity index is 769. The molecule has 0 aliphatic carbocycles. The number of aliphatic carboxylic acids is 1. The Hall–Kier alpha value is -2.90. The minimum Gasteiger partial charge on any atom is -0.480 e. The molecule has 2 amide bonds. The minimum absolute atomic E-state index is 0.171. The number of hydrogen-bond donors (Lipinski definition) is 3. The van der Waals surface area contributed by atoms with Gasteiger partial charge in [-0.25, -0.2) is 4.98 Å². The molecule has 0 atom stereocenters. The highest BCUT2D eigenvalue weighted by atomic mass is 16.4. The van der Waals surface area contributed by atoms with Gasteiger partial charge in [0, 0.05) is 19.2 Å². The van der Waals surface area contributed by atoms with Crippen LogP contribution in [0.3, 0.4) is 0 Å². The molecule has 8 nitrogen and oxygen atoms in total. The second-order valence-corrected chi connectivity index (χ2v) is 5.71. The lowest BCUT2D eigenvalue weighted by Gasteiger charge is -2.06. The van der Waals surface area contributed by atoms with Crippen molar-refractivity contribution >= 4 is 23.4 Å². The van der Waals surface area contributed by atoms with Gasteiger partial charge in [-0.15, -0.1) is 0 Å². The second-order valence-electron chi connectivity index (χ2n) is 5.71. The first kappa shape index (κ1) is 18.4. The lowest BCUT2D eigenvalue weighted by Crippen LogP contribution is -2.29. The monoisotopic (exact) mass is 346 g/mol. The topological polar surface area (TPSA) is 113 Å². The Morgan fingerprint density at radius 3 is 2.72 bits per heavy atom. The molecule has 3 N–H and O–H groups in total. The van der Waals surface area contributed by atoms with Crippen LogP contribution in [0.15, 0.2) is 24.4 Å². The third-order valence-corrected chi connectivity index (χ3v) is 3.72. The van der Waals surface area contributed by atoms with E-state index in [0.29, 0.717) is 24.4 Å². The van der Waals surface area contributed by atoms with Gasteiger partial charge in [0.2, 0.25) is 5.91 Å². The standard InChI is InChI=1S/C17H22N4O4/c1-12-16(21-10-6-4-7-13(21)20-12)17(25)18-9-5-2-3-8-14(22)19-11-15(23)24/h4,6-7,10H,2-3,5,8-9,11H2,1H3,(H,18,25)(H,19,22)(H,23,24). The molecule has 2 aromatic heterocycles. The lowest BCUT2D eigenvalue weighted by molar-refractivity contribution is -0.137. The maximum absolute atomic E-state index is 12.3. The Morgan fingerprint density at radius 1 is 1.16 bits per heavy atom. The molecule has 134 valence electrons. The zero-order valence-electron chi connectivity index (χ0n) is 14.1. The molecular formula is C17H22N4O4. The zero-order chi connectivity index (χ0) is 18.2. The first-order chi connectivity index (χ1) is 12.0. The highest BCUT2D eigenvalue weighted by Gasteiger charge is 2.15. The average Bonchev–Trinajstić information content (AvgIpc) is 2.91. The van der Waals surface area contributed by atoms with Crippen molar-refractivity contribution in [1.82, 2.24) is 20.0 Å². The summed E-state index contributed by atoms with van der Waals surface area (Å²) in [6, 6.07) is 5.57. The number of fused-ring (bicyclic) bond motifs is 1. The molecule has 0 aromatic carbocycles. The maximum atomic E-state index is 12.3. The summed E-state index contributed by atoms with van der Waals surface area (Å²) in [4.78, 5) is 38.4. The van der Waals surface area contributed by atoms with Crippen LogP contribution < -0.4 is 10.6 Å². The van der Waals surface area contributed by atoms with Gasteiger partial charge < -0.3 is 15.7 Å². The number of nitrogens with zero attached hydrogens (tertiary/aromatic N) is 2. The fourth-order valence-corrected chi connectivity index (χ4v) is 2.52. The van der Waals surface area contributed by atoms with Crippen molar-refractivity contribution in [2.75, 3.05) is 13.1 Å². The van der Waals surface area contributed by atoms with Crippen molar-refractivity contribution < 1.29 is 19.5 Å². The fourth-order valence-electron chi connectivity index (χ4n) is 2.52. The largest absolute Gasteiger partial charge is 0.480 e. The van der Waals surface area contributed by atoms with E-state index in [2.05, 4.69) is 15.6 Å². The average molecular weight is 346 g/mol. The van der Waals surface area contributed by atoms with E-state index in [9.17, 15) is 14.4 Å². The molecule has 0 radical (unpaired) electrons. The van der Waals surface area contributed by atoms with Crippen molar-refractivity contribution in [3.05, 3.63) is 35.8 Å². The molecule has 2 aromatic rings. The molecule has 2 heterocycles. The number of imidazole rings is 1. The third kappa shape index (κ3) is 5.30. The van der Waals surface area contributed by atoms with Crippen LogP contribution in [0.4, 0.5) is 0 Å². The predicted molar refractivity (Wildman–Crippen MR) is 91.4 cm³/mol. The van der Waals surface area contributed by atoms with Gasteiger partial charge in [-0.3, -0.25) is 18.8 Å². The number of hydrogen-bond acceptors (Lipinski definition) is 4. The molecular weight excluding hydrogens is 324 g/mol. The van der Waals surface area contributed by atoms with Crippen LogP contribution in [0.5, 0.6) is 0 Å². The van der Waals surface area contributed by atoms with E-state index < -0.39 is 5.97 Å². The van der Waals surface area contributed by atoms with Crippen LogP contribution in [0.2, 0.25) is 0 Å². The SMILES string of the molecule is Cc1nc2ccccn2c1C(=O)NCCCCCC(=O)NCC(=O)O. The number of amides is 2. The molecule has 0 aliphatic heterocycles. The van der Waals surface area contributed by atoms with Crippen LogP contribution in [-0.2, 0) is 9.59 Å². The molecule has 2 rings (SSSR count). The number of unbranched alkanes of at least 4 members (excludes halogenated alkanes) is 2. The second kappa shape index (κ2) is 8.81. The molecule has 0 saturated heterocycles. The number of carboxylic acids is 1. The normalized spacial score (nSPS) is 10.6. The van der Waals surface area contributed by atoms with Gasteiger partial charge in [0.05, 0.1) is 5.69 Å². The number of carbonyl (C=O) groups is 3. The summed E-state index contributed by atoms with van der Waals surface area (Å²) in [6.45, 7) is 1.96. The first-order valence-corrected chi connectivity index (χ1v) is 8.19. The van der Waals surface area contributed by atoms with Crippen LogP contribution in [0.25, 0.3) is 5.65 Å². The van der Waals surface area contributed by atoms with Gasteiger partial charge in [0.25, 0.3) is 5.91 Å². The van der Waals surface area contributed by atoms with E-state index in [0.717, 1.165) is 18.5 Å². The summed E-state index contributed by atoms with van der Waals surface area (Å²) in [5.41, 5.74) is 1.94. The number of nitrogens with one attached hydrogen (secondary N) is 2. The van der Waals surface area contributed by atoms with Crippen LogP contribution >= 0.6 is 0 Å². The highest BCUT2D eigenvalue weighted by molar-refractivity contribution is 5.94. The molecule has 25 heavy (non-hydrogen) atoms. The Labute approximate surface area is 145 Å². The smallest absolute Gasteiger partial charge is 0.322 e. The Morgan fingerprint density at radius 2 is 1.96 bits per heavy atom. The van der Waals surface area contributed by atoms with Gasteiger partial charge in [0.1, 0.15) is 17.9 Å².